The molecular formula is C21H21F3N2O4. The highest BCUT2D eigenvalue weighted by molar-refractivity contribution is 6.03. The van der Waals surface area contributed by atoms with E-state index in [1.54, 1.807) is 30.3 Å². The van der Waals surface area contributed by atoms with E-state index in [0.29, 0.717) is 17.1 Å². The topological polar surface area (TPSA) is 71.4 Å². The molecule has 0 saturated carbocycles. The van der Waals surface area contributed by atoms with E-state index in [4.69, 9.17) is 9.47 Å². The third-order valence-corrected chi connectivity index (χ3v) is 4.94. The van der Waals surface area contributed by atoms with Gasteiger partial charge in [0.05, 0.1) is 19.2 Å². The normalized spacial score (nSPS) is 18.9. The molecule has 0 aliphatic carbocycles. The SMILES string of the molecule is COc1ccc(C2=NN(C(=O)COc3ccc(C)c(C)c3)[C@](O)(C(F)(F)F)C2)cc1. The predicted octanol–water partition coefficient (Wildman–Crippen LogP) is 3.58. The van der Waals surface area contributed by atoms with Crippen molar-refractivity contribution in [3.8, 4) is 11.5 Å². The second kappa shape index (κ2) is 7.98. The maximum Gasteiger partial charge on any atom is 0.438 e. The van der Waals surface area contributed by atoms with Gasteiger partial charge >= 0.3 is 6.18 Å². The molecule has 0 unspecified atom stereocenters. The molecule has 1 aliphatic rings. The van der Waals surface area contributed by atoms with Crippen LogP contribution in [-0.4, -0.2) is 47.4 Å². The van der Waals surface area contributed by atoms with E-state index in [1.165, 1.54) is 19.2 Å². The first-order valence-corrected chi connectivity index (χ1v) is 9.09. The Hall–Kier alpha value is -3.07. The van der Waals surface area contributed by atoms with Gasteiger partial charge in [-0.1, -0.05) is 6.07 Å². The van der Waals surface area contributed by atoms with Crippen LogP contribution in [0.1, 0.15) is 23.1 Å². The molecular weight excluding hydrogens is 401 g/mol. The number of hydrogen-bond donors (Lipinski definition) is 1. The zero-order valence-corrected chi connectivity index (χ0v) is 16.7. The number of methoxy groups -OCH3 is 1. The lowest BCUT2D eigenvalue weighted by atomic mass is 10.0. The molecule has 2 aromatic carbocycles. The summed E-state index contributed by atoms with van der Waals surface area (Å²) in [5.74, 6) is -0.268. The first-order chi connectivity index (χ1) is 14.0. The van der Waals surface area contributed by atoms with Gasteiger partial charge < -0.3 is 14.6 Å². The van der Waals surface area contributed by atoms with E-state index in [0.717, 1.165) is 11.1 Å². The van der Waals surface area contributed by atoms with Crippen molar-refractivity contribution in [2.45, 2.75) is 32.2 Å². The van der Waals surface area contributed by atoms with Gasteiger partial charge in [0, 0.05) is 0 Å². The van der Waals surface area contributed by atoms with Gasteiger partial charge in [-0.15, -0.1) is 0 Å². The van der Waals surface area contributed by atoms with Crippen molar-refractivity contribution in [2.24, 2.45) is 5.10 Å². The van der Waals surface area contributed by atoms with E-state index in [2.05, 4.69) is 5.10 Å². The second-order valence-corrected chi connectivity index (χ2v) is 7.01. The summed E-state index contributed by atoms with van der Waals surface area (Å²) >= 11 is 0. The molecule has 0 saturated heterocycles. The third-order valence-electron chi connectivity index (χ3n) is 4.94. The van der Waals surface area contributed by atoms with Crippen LogP contribution in [0.25, 0.3) is 0 Å². The predicted molar refractivity (Wildman–Crippen MR) is 103 cm³/mol. The standard InChI is InChI=1S/C21H21F3N2O4/c1-13-4-7-17(10-14(13)2)30-12-19(27)26-20(28,21(22,23)24)11-18(25-26)15-5-8-16(29-3)9-6-15/h4-10,28H,11-12H2,1-3H3/t20-/m1/s1. The molecule has 1 heterocycles. The fourth-order valence-corrected chi connectivity index (χ4v) is 2.98. The molecule has 0 fully saturated rings. The van der Waals surface area contributed by atoms with Crippen LogP contribution < -0.4 is 9.47 Å². The Morgan fingerprint density at radius 2 is 1.77 bits per heavy atom. The number of aryl methyl sites for hydroxylation is 2. The molecule has 3 rings (SSSR count). The van der Waals surface area contributed by atoms with Gasteiger partial charge in [0.15, 0.2) is 6.61 Å². The number of ether oxygens (including phenoxy) is 2. The van der Waals surface area contributed by atoms with E-state index in [-0.39, 0.29) is 10.7 Å². The average molecular weight is 422 g/mol. The molecule has 0 aromatic heterocycles. The van der Waals surface area contributed by atoms with E-state index < -0.39 is 30.8 Å². The Balaban J connectivity index is 1.84. The van der Waals surface area contributed by atoms with Crippen molar-refractivity contribution in [3.63, 3.8) is 0 Å². The van der Waals surface area contributed by atoms with Crippen LogP contribution in [0.3, 0.4) is 0 Å². The molecule has 0 bridgehead atoms. The summed E-state index contributed by atoms with van der Waals surface area (Å²) in [5.41, 5.74) is -1.27. The molecule has 9 heteroatoms. The maximum absolute atomic E-state index is 13.6. The van der Waals surface area contributed by atoms with Crippen molar-refractivity contribution in [1.82, 2.24) is 5.01 Å². The number of rotatable bonds is 5. The van der Waals surface area contributed by atoms with Crippen molar-refractivity contribution < 1.29 is 32.5 Å². The monoisotopic (exact) mass is 422 g/mol. The fourth-order valence-electron chi connectivity index (χ4n) is 2.98. The molecule has 1 aliphatic heterocycles. The number of aliphatic hydroxyl groups is 1. The van der Waals surface area contributed by atoms with Crippen LogP contribution in [-0.2, 0) is 4.79 Å². The molecule has 2 aromatic rings. The van der Waals surface area contributed by atoms with Crippen molar-refractivity contribution in [2.75, 3.05) is 13.7 Å². The van der Waals surface area contributed by atoms with E-state index >= 15 is 0 Å². The Labute approximate surface area is 171 Å². The Morgan fingerprint density at radius 3 is 2.33 bits per heavy atom. The number of nitrogens with zero attached hydrogens (tertiary/aromatic N) is 2. The summed E-state index contributed by atoms with van der Waals surface area (Å²) in [6.45, 7) is 3.03. The van der Waals surface area contributed by atoms with E-state index in [1.807, 2.05) is 13.8 Å². The Kier molecular flexibility index (Phi) is 5.76. The zero-order chi connectivity index (χ0) is 22.1. The Morgan fingerprint density at radius 1 is 1.13 bits per heavy atom. The number of benzene rings is 2. The smallest absolute Gasteiger partial charge is 0.438 e. The van der Waals surface area contributed by atoms with Crippen molar-refractivity contribution >= 4 is 11.6 Å². The van der Waals surface area contributed by atoms with Gasteiger partial charge in [0.1, 0.15) is 11.5 Å². The molecule has 1 N–H and O–H groups in total. The van der Waals surface area contributed by atoms with Crippen LogP contribution >= 0.6 is 0 Å². The van der Waals surface area contributed by atoms with Gasteiger partial charge in [-0.25, -0.2) is 0 Å². The number of hydrazone groups is 1. The minimum atomic E-state index is -5.11. The molecule has 0 radical (unpaired) electrons. The summed E-state index contributed by atoms with van der Waals surface area (Å²) in [7, 11) is 1.46. The quantitative estimate of drug-likeness (QED) is 0.800. The number of hydrogen-bond acceptors (Lipinski definition) is 5. The van der Waals surface area contributed by atoms with Gasteiger partial charge in [0.2, 0.25) is 0 Å². The lowest BCUT2D eigenvalue weighted by Gasteiger charge is -2.32. The van der Waals surface area contributed by atoms with Crippen LogP contribution in [0, 0.1) is 13.8 Å². The van der Waals surface area contributed by atoms with Crippen LogP contribution in [0.4, 0.5) is 13.2 Å². The summed E-state index contributed by atoms with van der Waals surface area (Å²) in [6, 6.07) is 11.2. The summed E-state index contributed by atoms with van der Waals surface area (Å²) in [5, 5.41) is 14.2. The van der Waals surface area contributed by atoms with E-state index in [9.17, 15) is 23.1 Å². The molecule has 160 valence electrons. The van der Waals surface area contributed by atoms with Crippen LogP contribution in [0.15, 0.2) is 47.6 Å². The third kappa shape index (κ3) is 4.11. The highest BCUT2D eigenvalue weighted by atomic mass is 19.4. The number of carbonyl (C=O) groups excluding carboxylic acids is 1. The minimum absolute atomic E-state index is 0.0631. The van der Waals surface area contributed by atoms with Crippen LogP contribution in [0.2, 0.25) is 0 Å². The molecule has 30 heavy (non-hydrogen) atoms. The lowest BCUT2D eigenvalue weighted by Crippen LogP contribution is -2.57. The number of amides is 1. The Bertz CT molecular complexity index is 973. The van der Waals surface area contributed by atoms with Gasteiger partial charge in [-0.3, -0.25) is 4.79 Å². The van der Waals surface area contributed by atoms with Gasteiger partial charge in [0.25, 0.3) is 11.6 Å². The summed E-state index contributed by atoms with van der Waals surface area (Å²) < 4.78 is 51.3. The molecule has 1 atom stereocenters. The number of alkyl halides is 3. The number of carbonyl (C=O) groups is 1. The first kappa shape index (κ1) is 21.6. The lowest BCUT2D eigenvalue weighted by molar-refractivity contribution is -0.302. The van der Waals surface area contributed by atoms with Crippen molar-refractivity contribution in [1.29, 1.82) is 0 Å². The van der Waals surface area contributed by atoms with Gasteiger partial charge in [-0.05, 0) is 66.9 Å². The second-order valence-electron chi connectivity index (χ2n) is 7.01. The molecule has 1 amide bonds. The zero-order valence-electron chi connectivity index (χ0n) is 16.7. The fraction of sp³-hybridized carbons (Fsp3) is 0.333. The first-order valence-electron chi connectivity index (χ1n) is 9.09. The molecule has 6 nitrogen and oxygen atoms in total. The summed E-state index contributed by atoms with van der Waals surface area (Å²) in [4.78, 5) is 12.5. The summed E-state index contributed by atoms with van der Waals surface area (Å²) in [6.07, 6.45) is -6.00. The maximum atomic E-state index is 13.6. The highest BCUT2D eigenvalue weighted by Crippen LogP contribution is 2.41. The average Bonchev–Trinajstić information content (AvgIpc) is 3.08. The number of halogens is 3. The minimum Gasteiger partial charge on any atom is -0.497 e. The van der Waals surface area contributed by atoms with Crippen LogP contribution in [0.5, 0.6) is 11.5 Å². The highest BCUT2D eigenvalue weighted by Gasteiger charge is 2.63. The molecule has 0 spiro atoms. The largest absolute Gasteiger partial charge is 0.497 e. The van der Waals surface area contributed by atoms with Crippen molar-refractivity contribution in [3.05, 3.63) is 59.2 Å². The van der Waals surface area contributed by atoms with Gasteiger partial charge in [-0.2, -0.15) is 23.3 Å².